The summed E-state index contributed by atoms with van der Waals surface area (Å²) in [6.45, 7) is 5.47. The molecule has 0 aliphatic rings. The Hall–Kier alpha value is -2.08. The zero-order valence-corrected chi connectivity index (χ0v) is 12.0. The number of rotatable bonds is 5. The minimum Gasteiger partial charge on any atom is -0.484 e. The Balaban J connectivity index is 2.71. The SMILES string of the molecule is CC(C)(C)[C@@H](N)C(=O)Nc1cccc(OCC(N)=O)c1. The third-order valence-corrected chi connectivity index (χ3v) is 2.70. The topological polar surface area (TPSA) is 107 Å². The number of nitrogens with two attached hydrogens (primary N) is 2. The molecule has 0 saturated heterocycles. The fourth-order valence-electron chi connectivity index (χ4n) is 1.43. The molecule has 2 amide bonds. The third-order valence-electron chi connectivity index (χ3n) is 2.70. The van der Waals surface area contributed by atoms with Crippen molar-refractivity contribution in [2.45, 2.75) is 26.8 Å². The Morgan fingerprint density at radius 2 is 2.00 bits per heavy atom. The van der Waals surface area contributed by atoms with Gasteiger partial charge in [-0.3, -0.25) is 9.59 Å². The number of hydrogen-bond donors (Lipinski definition) is 3. The summed E-state index contributed by atoms with van der Waals surface area (Å²) in [6.07, 6.45) is 0. The van der Waals surface area contributed by atoms with Crippen LogP contribution < -0.4 is 21.5 Å². The highest BCUT2D eigenvalue weighted by Crippen LogP contribution is 2.21. The number of nitrogens with one attached hydrogen (secondary N) is 1. The van der Waals surface area contributed by atoms with E-state index in [1.165, 1.54) is 0 Å². The number of ether oxygens (including phenoxy) is 1. The van der Waals surface area contributed by atoms with Crippen molar-refractivity contribution >= 4 is 17.5 Å². The van der Waals surface area contributed by atoms with Crippen LogP contribution in [0.25, 0.3) is 0 Å². The van der Waals surface area contributed by atoms with Crippen LogP contribution in [0.5, 0.6) is 5.75 Å². The lowest BCUT2D eigenvalue weighted by molar-refractivity contribution is -0.120. The van der Waals surface area contributed by atoms with Gasteiger partial charge in [0.1, 0.15) is 5.75 Å². The fraction of sp³-hybridized carbons (Fsp3) is 0.429. The molecule has 0 aliphatic carbocycles. The van der Waals surface area contributed by atoms with Gasteiger partial charge in [-0.15, -0.1) is 0 Å². The molecule has 0 saturated carbocycles. The lowest BCUT2D eigenvalue weighted by atomic mass is 9.87. The molecule has 0 heterocycles. The molecule has 1 atom stereocenters. The van der Waals surface area contributed by atoms with E-state index in [1.807, 2.05) is 20.8 Å². The van der Waals surface area contributed by atoms with Gasteiger partial charge < -0.3 is 21.5 Å². The summed E-state index contributed by atoms with van der Waals surface area (Å²) < 4.78 is 5.16. The highest BCUT2D eigenvalue weighted by Gasteiger charge is 2.27. The van der Waals surface area contributed by atoms with Crippen LogP contribution in [-0.4, -0.2) is 24.5 Å². The van der Waals surface area contributed by atoms with Crippen LogP contribution in [-0.2, 0) is 9.59 Å². The van der Waals surface area contributed by atoms with Crippen molar-refractivity contribution in [3.05, 3.63) is 24.3 Å². The smallest absolute Gasteiger partial charge is 0.255 e. The van der Waals surface area contributed by atoms with Crippen molar-refractivity contribution in [3.63, 3.8) is 0 Å². The second-order valence-corrected chi connectivity index (χ2v) is 5.62. The Labute approximate surface area is 118 Å². The van der Waals surface area contributed by atoms with E-state index in [0.29, 0.717) is 11.4 Å². The maximum atomic E-state index is 12.0. The summed E-state index contributed by atoms with van der Waals surface area (Å²) in [7, 11) is 0. The van der Waals surface area contributed by atoms with Crippen molar-refractivity contribution in [3.8, 4) is 5.75 Å². The van der Waals surface area contributed by atoms with Crippen LogP contribution in [0.1, 0.15) is 20.8 Å². The molecule has 1 aromatic carbocycles. The molecule has 0 aliphatic heterocycles. The molecule has 1 aromatic rings. The van der Waals surface area contributed by atoms with E-state index >= 15 is 0 Å². The first-order chi connectivity index (χ1) is 9.20. The molecule has 0 unspecified atom stereocenters. The number of carbonyl (C=O) groups is 2. The van der Waals surface area contributed by atoms with Crippen molar-refractivity contribution in [1.29, 1.82) is 0 Å². The van der Waals surface area contributed by atoms with Gasteiger partial charge >= 0.3 is 0 Å². The van der Waals surface area contributed by atoms with Crippen LogP contribution in [0.4, 0.5) is 5.69 Å². The summed E-state index contributed by atoms with van der Waals surface area (Å²) in [4.78, 5) is 22.6. The van der Waals surface area contributed by atoms with Gasteiger partial charge in [-0.1, -0.05) is 26.8 Å². The van der Waals surface area contributed by atoms with E-state index < -0.39 is 11.9 Å². The van der Waals surface area contributed by atoms with Crippen LogP contribution in [0.15, 0.2) is 24.3 Å². The summed E-state index contributed by atoms with van der Waals surface area (Å²) in [5.41, 5.74) is 11.1. The average Bonchev–Trinajstić information content (AvgIpc) is 2.34. The fourth-order valence-corrected chi connectivity index (χ4v) is 1.43. The molecule has 0 spiro atoms. The molecule has 0 aromatic heterocycles. The lowest BCUT2D eigenvalue weighted by Crippen LogP contribution is -2.45. The first-order valence-electron chi connectivity index (χ1n) is 6.28. The van der Waals surface area contributed by atoms with Crippen molar-refractivity contribution in [1.82, 2.24) is 0 Å². The van der Waals surface area contributed by atoms with Gasteiger partial charge in [0.05, 0.1) is 6.04 Å². The van der Waals surface area contributed by atoms with Crippen LogP contribution in [0.3, 0.4) is 0 Å². The van der Waals surface area contributed by atoms with E-state index in [4.69, 9.17) is 16.2 Å². The molecule has 6 heteroatoms. The normalized spacial score (nSPS) is 12.6. The second kappa shape index (κ2) is 6.38. The summed E-state index contributed by atoms with van der Waals surface area (Å²) in [5, 5.41) is 2.72. The predicted octanol–water partition coefficient (Wildman–Crippen LogP) is 0.863. The molecule has 5 N–H and O–H groups in total. The number of amides is 2. The summed E-state index contributed by atoms with van der Waals surface area (Å²) in [5.74, 6) is -0.385. The van der Waals surface area contributed by atoms with E-state index in [9.17, 15) is 9.59 Å². The maximum Gasteiger partial charge on any atom is 0.255 e. The molecule has 110 valence electrons. The highest BCUT2D eigenvalue weighted by atomic mass is 16.5. The molecule has 20 heavy (non-hydrogen) atoms. The maximum absolute atomic E-state index is 12.0. The first-order valence-corrected chi connectivity index (χ1v) is 6.28. The third kappa shape index (κ3) is 4.89. The molecule has 6 nitrogen and oxygen atoms in total. The largest absolute Gasteiger partial charge is 0.484 e. The van der Waals surface area contributed by atoms with Gasteiger partial charge in [0.15, 0.2) is 6.61 Å². The summed E-state index contributed by atoms with van der Waals surface area (Å²) in [6, 6.07) is 6.06. The van der Waals surface area contributed by atoms with E-state index in [-0.39, 0.29) is 17.9 Å². The van der Waals surface area contributed by atoms with Crippen LogP contribution >= 0.6 is 0 Å². The Kier molecular flexibility index (Phi) is 5.10. The van der Waals surface area contributed by atoms with Gasteiger partial charge in [0.2, 0.25) is 5.91 Å². The zero-order chi connectivity index (χ0) is 15.3. The number of hydrogen-bond acceptors (Lipinski definition) is 4. The number of carbonyl (C=O) groups excluding carboxylic acids is 2. The Morgan fingerprint density at radius 1 is 1.35 bits per heavy atom. The van der Waals surface area contributed by atoms with Crippen molar-refractivity contribution in [2.75, 3.05) is 11.9 Å². The van der Waals surface area contributed by atoms with Gasteiger partial charge in [0, 0.05) is 11.8 Å². The Morgan fingerprint density at radius 3 is 2.55 bits per heavy atom. The van der Waals surface area contributed by atoms with Gasteiger partial charge in [-0.25, -0.2) is 0 Å². The van der Waals surface area contributed by atoms with E-state index in [2.05, 4.69) is 5.32 Å². The van der Waals surface area contributed by atoms with Crippen LogP contribution in [0, 0.1) is 5.41 Å². The Bertz CT molecular complexity index is 495. The first kappa shape index (κ1) is 16.0. The average molecular weight is 279 g/mol. The standard InChI is InChI=1S/C14H21N3O3/c1-14(2,3)12(16)13(19)17-9-5-4-6-10(7-9)20-8-11(15)18/h4-7,12H,8,16H2,1-3H3,(H2,15,18)(H,17,19)/t12-/m0/s1. The monoisotopic (exact) mass is 279 g/mol. The van der Waals surface area contributed by atoms with E-state index in [0.717, 1.165) is 0 Å². The van der Waals surface area contributed by atoms with Gasteiger partial charge in [0.25, 0.3) is 5.91 Å². The number of benzene rings is 1. The van der Waals surface area contributed by atoms with Gasteiger partial charge in [-0.05, 0) is 17.5 Å². The van der Waals surface area contributed by atoms with Crippen molar-refractivity contribution in [2.24, 2.45) is 16.9 Å². The zero-order valence-electron chi connectivity index (χ0n) is 12.0. The molecular weight excluding hydrogens is 258 g/mol. The van der Waals surface area contributed by atoms with Crippen LogP contribution in [0.2, 0.25) is 0 Å². The predicted molar refractivity (Wildman–Crippen MR) is 77.2 cm³/mol. The minimum atomic E-state index is -0.627. The van der Waals surface area contributed by atoms with E-state index in [1.54, 1.807) is 24.3 Å². The summed E-state index contributed by atoms with van der Waals surface area (Å²) >= 11 is 0. The molecule has 1 rings (SSSR count). The minimum absolute atomic E-state index is 0.209. The number of anilines is 1. The molecule has 0 radical (unpaired) electrons. The quantitative estimate of drug-likeness (QED) is 0.743. The number of primary amides is 1. The second-order valence-electron chi connectivity index (χ2n) is 5.62. The molecule has 0 bridgehead atoms. The van der Waals surface area contributed by atoms with Crippen molar-refractivity contribution < 1.29 is 14.3 Å². The molecular formula is C14H21N3O3. The highest BCUT2D eigenvalue weighted by molar-refractivity contribution is 5.95. The molecule has 0 fully saturated rings. The van der Waals surface area contributed by atoms with Gasteiger partial charge in [-0.2, -0.15) is 0 Å². The lowest BCUT2D eigenvalue weighted by Gasteiger charge is -2.25.